The Morgan fingerprint density at radius 2 is 0.911 bits per heavy atom. The molecule has 0 fully saturated rings. The summed E-state index contributed by atoms with van der Waals surface area (Å²) in [5.41, 5.74) is 13.9. The minimum Gasteiger partial charge on any atom is -0.309 e. The van der Waals surface area contributed by atoms with Crippen molar-refractivity contribution in [2.24, 2.45) is 0 Å². The Morgan fingerprint density at radius 1 is 0.400 bits per heavy atom. The van der Waals surface area contributed by atoms with E-state index < -0.39 is 0 Å². The fourth-order valence-electron chi connectivity index (χ4n) is 7.80. The molecule has 45 heavy (non-hydrogen) atoms. The van der Waals surface area contributed by atoms with Crippen LogP contribution in [0.1, 0.15) is 33.4 Å². The van der Waals surface area contributed by atoms with E-state index in [2.05, 4.69) is 180 Å². The van der Waals surface area contributed by atoms with Crippen LogP contribution >= 0.6 is 0 Å². The van der Waals surface area contributed by atoms with E-state index in [1.165, 1.54) is 72.0 Å². The molecule has 1 heterocycles. The number of fused-ring (bicyclic) bond motifs is 6. The van der Waals surface area contributed by atoms with Gasteiger partial charge in [-0.3, -0.25) is 0 Å². The average Bonchev–Trinajstić information content (AvgIpc) is 3.60. The van der Waals surface area contributed by atoms with Gasteiger partial charge in [-0.25, -0.2) is 0 Å². The maximum atomic E-state index is 2.47. The van der Waals surface area contributed by atoms with Gasteiger partial charge in [0.25, 0.3) is 0 Å². The van der Waals surface area contributed by atoms with Gasteiger partial charge >= 0.3 is 0 Å². The summed E-state index contributed by atoms with van der Waals surface area (Å²) >= 11 is 0. The van der Waals surface area contributed by atoms with E-state index in [1.807, 2.05) is 0 Å². The van der Waals surface area contributed by atoms with Crippen LogP contribution in [0.5, 0.6) is 0 Å². The molecule has 0 unspecified atom stereocenters. The molecular formula is C44H31N. The zero-order valence-electron chi connectivity index (χ0n) is 24.9. The van der Waals surface area contributed by atoms with Crippen molar-refractivity contribution in [2.75, 3.05) is 0 Å². The van der Waals surface area contributed by atoms with Crippen molar-refractivity contribution in [3.05, 3.63) is 209 Å². The molecule has 0 saturated heterocycles. The van der Waals surface area contributed by atoms with Crippen LogP contribution < -0.4 is 0 Å². The van der Waals surface area contributed by atoms with E-state index in [0.717, 1.165) is 6.42 Å². The lowest BCUT2D eigenvalue weighted by Gasteiger charge is -2.34. The molecule has 0 saturated carbocycles. The third-order valence-electron chi connectivity index (χ3n) is 9.71. The highest BCUT2D eigenvalue weighted by molar-refractivity contribution is 6.09. The van der Waals surface area contributed by atoms with Crippen molar-refractivity contribution in [1.29, 1.82) is 0 Å². The molecule has 0 amide bonds. The number of benzene rings is 7. The van der Waals surface area contributed by atoms with Crippen molar-refractivity contribution >= 4 is 21.8 Å². The summed E-state index contributed by atoms with van der Waals surface area (Å²) in [5.74, 6) is 0. The van der Waals surface area contributed by atoms with E-state index in [1.54, 1.807) is 0 Å². The maximum absolute atomic E-state index is 2.47. The number of hydrogen-bond donors (Lipinski definition) is 0. The lowest BCUT2D eigenvalue weighted by molar-refractivity contribution is 0.767. The van der Waals surface area contributed by atoms with Gasteiger partial charge in [0.05, 0.1) is 16.4 Å². The monoisotopic (exact) mass is 573 g/mol. The second kappa shape index (κ2) is 10.2. The first-order valence-electron chi connectivity index (χ1n) is 15.7. The highest BCUT2D eigenvalue weighted by Crippen LogP contribution is 2.56. The minimum atomic E-state index is -0.370. The Kier molecular flexibility index (Phi) is 5.86. The van der Waals surface area contributed by atoms with Crippen LogP contribution in [0, 0.1) is 0 Å². The summed E-state index contributed by atoms with van der Waals surface area (Å²) in [6, 6.07) is 64.7. The molecule has 0 radical (unpaired) electrons. The third-order valence-corrected chi connectivity index (χ3v) is 9.71. The van der Waals surface area contributed by atoms with E-state index in [0.29, 0.717) is 0 Å². The number of aromatic nitrogens is 1. The fourth-order valence-corrected chi connectivity index (χ4v) is 7.80. The van der Waals surface area contributed by atoms with E-state index in [-0.39, 0.29) is 5.41 Å². The Morgan fingerprint density at radius 3 is 1.56 bits per heavy atom. The molecule has 0 aliphatic heterocycles. The van der Waals surface area contributed by atoms with Crippen molar-refractivity contribution in [3.8, 4) is 16.8 Å². The Labute approximate surface area is 263 Å². The first kappa shape index (κ1) is 25.8. The summed E-state index contributed by atoms with van der Waals surface area (Å²) in [6.45, 7) is 0. The molecule has 0 N–H and O–H groups in total. The van der Waals surface area contributed by atoms with Gasteiger partial charge in [-0.15, -0.1) is 0 Å². The molecule has 8 aromatic rings. The SMILES string of the molecule is c1ccc(C2(c3ccccc3)c3ccccc3-c3ccc(Cc4ccc(-n5c6ccccc6c6ccccc65)cc4)cc32)cc1. The van der Waals surface area contributed by atoms with E-state index in [4.69, 9.17) is 0 Å². The van der Waals surface area contributed by atoms with Crippen LogP contribution in [0.15, 0.2) is 176 Å². The first-order chi connectivity index (χ1) is 22.3. The zero-order valence-corrected chi connectivity index (χ0v) is 24.9. The average molecular weight is 574 g/mol. The topological polar surface area (TPSA) is 4.93 Å². The second-order valence-electron chi connectivity index (χ2n) is 12.1. The zero-order chi connectivity index (χ0) is 29.8. The standard InChI is InChI=1S/C44H31N/c1-3-13-33(14-4-1)44(34-15-5-2-6-16-34)40-20-10-7-17-36(40)37-28-25-32(30-41(37)44)29-31-23-26-35(27-24-31)45-42-21-11-8-18-38(42)39-19-9-12-22-43(39)45/h1-28,30H,29H2. The van der Waals surface area contributed by atoms with Crippen LogP contribution in [0.25, 0.3) is 38.6 Å². The highest BCUT2D eigenvalue weighted by atomic mass is 15.0. The van der Waals surface area contributed by atoms with Crippen LogP contribution in [-0.4, -0.2) is 4.57 Å². The summed E-state index contributed by atoms with van der Waals surface area (Å²) in [5, 5.41) is 2.58. The van der Waals surface area contributed by atoms with Gasteiger partial charge in [-0.1, -0.05) is 152 Å². The van der Waals surface area contributed by atoms with Crippen LogP contribution in [0.4, 0.5) is 0 Å². The number of hydrogen-bond acceptors (Lipinski definition) is 0. The molecule has 9 rings (SSSR count). The molecule has 0 bridgehead atoms. The number of rotatable bonds is 5. The van der Waals surface area contributed by atoms with Gasteiger partial charge in [0.15, 0.2) is 0 Å². The van der Waals surface area contributed by atoms with Crippen molar-refractivity contribution in [3.63, 3.8) is 0 Å². The van der Waals surface area contributed by atoms with Crippen LogP contribution in [0.2, 0.25) is 0 Å². The van der Waals surface area contributed by atoms with Crippen LogP contribution in [0.3, 0.4) is 0 Å². The molecule has 1 nitrogen and oxygen atoms in total. The van der Waals surface area contributed by atoms with Crippen LogP contribution in [-0.2, 0) is 11.8 Å². The molecule has 1 aliphatic carbocycles. The van der Waals surface area contributed by atoms with Gasteiger partial charge in [0, 0.05) is 16.5 Å². The molecule has 1 heteroatoms. The normalized spacial score (nSPS) is 13.2. The molecule has 1 aromatic heterocycles. The van der Waals surface area contributed by atoms with Crippen molar-refractivity contribution in [2.45, 2.75) is 11.8 Å². The lowest BCUT2D eigenvalue weighted by atomic mass is 9.67. The van der Waals surface area contributed by atoms with Gasteiger partial charge < -0.3 is 4.57 Å². The summed E-state index contributed by atoms with van der Waals surface area (Å²) in [7, 11) is 0. The quantitative estimate of drug-likeness (QED) is 0.193. The summed E-state index contributed by atoms with van der Waals surface area (Å²) in [6.07, 6.45) is 0.872. The van der Waals surface area contributed by atoms with Gasteiger partial charge in [0.1, 0.15) is 0 Å². The number of nitrogens with zero attached hydrogens (tertiary/aromatic N) is 1. The molecular weight excluding hydrogens is 542 g/mol. The molecule has 0 spiro atoms. The van der Waals surface area contributed by atoms with E-state index >= 15 is 0 Å². The Balaban J connectivity index is 1.15. The van der Waals surface area contributed by atoms with Crippen molar-refractivity contribution in [1.82, 2.24) is 4.57 Å². The smallest absolute Gasteiger partial charge is 0.0713 e. The molecule has 212 valence electrons. The summed E-state index contributed by atoms with van der Waals surface area (Å²) in [4.78, 5) is 0. The van der Waals surface area contributed by atoms with Gasteiger partial charge in [-0.2, -0.15) is 0 Å². The third kappa shape index (κ3) is 3.87. The second-order valence-corrected chi connectivity index (χ2v) is 12.1. The lowest BCUT2D eigenvalue weighted by Crippen LogP contribution is -2.28. The first-order valence-corrected chi connectivity index (χ1v) is 15.7. The predicted octanol–water partition coefficient (Wildman–Crippen LogP) is 10.7. The van der Waals surface area contributed by atoms with Crippen molar-refractivity contribution < 1.29 is 0 Å². The minimum absolute atomic E-state index is 0.370. The Hall–Kier alpha value is -5.66. The highest BCUT2D eigenvalue weighted by Gasteiger charge is 2.45. The largest absolute Gasteiger partial charge is 0.309 e. The Bertz CT molecular complexity index is 2230. The maximum Gasteiger partial charge on any atom is 0.0713 e. The molecule has 1 aliphatic rings. The number of para-hydroxylation sites is 2. The van der Waals surface area contributed by atoms with E-state index in [9.17, 15) is 0 Å². The molecule has 0 atom stereocenters. The van der Waals surface area contributed by atoms with Gasteiger partial charge in [0.2, 0.25) is 0 Å². The van der Waals surface area contributed by atoms with Gasteiger partial charge in [-0.05, 0) is 75.2 Å². The fraction of sp³-hybridized carbons (Fsp3) is 0.0455. The summed E-state index contributed by atoms with van der Waals surface area (Å²) < 4.78 is 2.38. The molecule has 7 aromatic carbocycles. The predicted molar refractivity (Wildman–Crippen MR) is 187 cm³/mol.